The predicted octanol–water partition coefficient (Wildman–Crippen LogP) is 4.05. The zero-order chi connectivity index (χ0) is 15.0. The van der Waals surface area contributed by atoms with Gasteiger partial charge >= 0.3 is 0 Å². The molecule has 2 N–H and O–H groups in total. The van der Waals surface area contributed by atoms with E-state index >= 15 is 0 Å². The van der Waals surface area contributed by atoms with Gasteiger partial charge in [-0.1, -0.05) is 30.3 Å². The van der Waals surface area contributed by atoms with E-state index in [1.54, 1.807) is 0 Å². The standard InChI is InChI=1S/C18H21N3/c1-12(2)21-17-9-4-13(3)10-16(17)20-18(21)15-7-5-14(11-19)6-8-15/h4-10,12H,11,19H2,1-3H3. The van der Waals surface area contributed by atoms with Gasteiger partial charge in [-0.15, -0.1) is 0 Å². The summed E-state index contributed by atoms with van der Waals surface area (Å²) in [5.41, 5.74) is 11.4. The zero-order valence-corrected chi connectivity index (χ0v) is 12.8. The molecule has 0 aliphatic carbocycles. The Morgan fingerprint density at radius 1 is 1.10 bits per heavy atom. The van der Waals surface area contributed by atoms with Crippen LogP contribution in [0.2, 0.25) is 0 Å². The summed E-state index contributed by atoms with van der Waals surface area (Å²) in [6.07, 6.45) is 0. The molecule has 0 spiro atoms. The highest BCUT2D eigenvalue weighted by Crippen LogP contribution is 2.29. The number of hydrogen-bond donors (Lipinski definition) is 1. The molecule has 1 aromatic heterocycles. The fourth-order valence-corrected chi connectivity index (χ4v) is 2.73. The van der Waals surface area contributed by atoms with Crippen molar-refractivity contribution in [1.29, 1.82) is 0 Å². The number of fused-ring (bicyclic) bond motifs is 1. The lowest BCUT2D eigenvalue weighted by molar-refractivity contribution is 0.624. The number of benzene rings is 2. The van der Waals surface area contributed by atoms with Gasteiger partial charge in [-0.05, 0) is 44.0 Å². The van der Waals surface area contributed by atoms with Crippen molar-refractivity contribution in [3.63, 3.8) is 0 Å². The largest absolute Gasteiger partial charge is 0.326 e. The monoisotopic (exact) mass is 279 g/mol. The molecule has 21 heavy (non-hydrogen) atoms. The maximum Gasteiger partial charge on any atom is 0.141 e. The first-order valence-corrected chi connectivity index (χ1v) is 7.38. The fourth-order valence-electron chi connectivity index (χ4n) is 2.73. The van der Waals surface area contributed by atoms with Crippen molar-refractivity contribution in [2.75, 3.05) is 0 Å². The van der Waals surface area contributed by atoms with Crippen molar-refractivity contribution in [2.24, 2.45) is 5.73 Å². The van der Waals surface area contributed by atoms with E-state index in [1.807, 2.05) is 0 Å². The second-order valence-corrected chi connectivity index (χ2v) is 5.79. The van der Waals surface area contributed by atoms with Crippen LogP contribution in [-0.2, 0) is 6.54 Å². The molecule has 0 amide bonds. The van der Waals surface area contributed by atoms with E-state index in [-0.39, 0.29) is 0 Å². The van der Waals surface area contributed by atoms with Crippen molar-refractivity contribution in [3.05, 3.63) is 53.6 Å². The van der Waals surface area contributed by atoms with Crippen LogP contribution in [0.15, 0.2) is 42.5 Å². The van der Waals surface area contributed by atoms with E-state index in [9.17, 15) is 0 Å². The first kappa shape index (κ1) is 13.8. The number of rotatable bonds is 3. The van der Waals surface area contributed by atoms with Crippen molar-refractivity contribution in [3.8, 4) is 11.4 Å². The van der Waals surface area contributed by atoms with Crippen molar-refractivity contribution < 1.29 is 0 Å². The Hall–Kier alpha value is -2.13. The first-order chi connectivity index (χ1) is 10.1. The minimum absolute atomic E-state index is 0.363. The Bertz CT molecular complexity index is 767. The van der Waals surface area contributed by atoms with E-state index in [0.717, 1.165) is 22.5 Å². The van der Waals surface area contributed by atoms with Gasteiger partial charge in [0, 0.05) is 18.2 Å². The molecule has 0 aliphatic heterocycles. The van der Waals surface area contributed by atoms with E-state index in [4.69, 9.17) is 10.7 Å². The number of nitrogens with two attached hydrogens (primary N) is 1. The van der Waals surface area contributed by atoms with Crippen LogP contribution in [0.3, 0.4) is 0 Å². The minimum Gasteiger partial charge on any atom is -0.326 e. The molecule has 0 unspecified atom stereocenters. The van der Waals surface area contributed by atoms with E-state index in [1.165, 1.54) is 11.1 Å². The number of aryl methyl sites for hydroxylation is 1. The van der Waals surface area contributed by atoms with Crippen LogP contribution in [0, 0.1) is 6.92 Å². The Morgan fingerprint density at radius 2 is 1.81 bits per heavy atom. The summed E-state index contributed by atoms with van der Waals surface area (Å²) >= 11 is 0. The molecule has 2 aromatic carbocycles. The lowest BCUT2D eigenvalue weighted by atomic mass is 10.1. The minimum atomic E-state index is 0.363. The molecule has 3 aromatic rings. The smallest absolute Gasteiger partial charge is 0.141 e. The first-order valence-electron chi connectivity index (χ1n) is 7.38. The van der Waals surface area contributed by atoms with Crippen LogP contribution in [0.25, 0.3) is 22.4 Å². The number of hydrogen-bond acceptors (Lipinski definition) is 2. The summed E-state index contributed by atoms with van der Waals surface area (Å²) < 4.78 is 2.30. The molecule has 0 saturated heterocycles. The van der Waals surface area contributed by atoms with Crippen LogP contribution < -0.4 is 5.73 Å². The highest BCUT2D eigenvalue weighted by molar-refractivity contribution is 5.81. The van der Waals surface area contributed by atoms with Gasteiger partial charge < -0.3 is 10.3 Å². The summed E-state index contributed by atoms with van der Waals surface area (Å²) in [6.45, 7) is 7.06. The van der Waals surface area contributed by atoms with Crippen molar-refractivity contribution in [1.82, 2.24) is 9.55 Å². The molecule has 108 valence electrons. The van der Waals surface area contributed by atoms with Crippen LogP contribution >= 0.6 is 0 Å². The van der Waals surface area contributed by atoms with E-state index < -0.39 is 0 Å². The van der Waals surface area contributed by atoms with Crippen LogP contribution in [0.1, 0.15) is 31.0 Å². The summed E-state index contributed by atoms with van der Waals surface area (Å²) in [4.78, 5) is 4.85. The van der Waals surface area contributed by atoms with Crippen molar-refractivity contribution in [2.45, 2.75) is 33.4 Å². The summed E-state index contributed by atoms with van der Waals surface area (Å²) in [6, 6.07) is 15.2. The third-order valence-corrected chi connectivity index (χ3v) is 3.81. The molecule has 3 nitrogen and oxygen atoms in total. The highest BCUT2D eigenvalue weighted by atomic mass is 15.1. The average Bonchev–Trinajstić information content (AvgIpc) is 2.85. The average molecular weight is 279 g/mol. The number of nitrogens with zero attached hydrogens (tertiary/aromatic N) is 2. The van der Waals surface area contributed by atoms with E-state index in [2.05, 4.69) is 67.8 Å². The van der Waals surface area contributed by atoms with Gasteiger partial charge in [0.1, 0.15) is 5.82 Å². The van der Waals surface area contributed by atoms with Gasteiger partial charge in [0.05, 0.1) is 11.0 Å². The summed E-state index contributed by atoms with van der Waals surface area (Å²) in [7, 11) is 0. The Kier molecular flexibility index (Phi) is 3.52. The Morgan fingerprint density at radius 3 is 2.43 bits per heavy atom. The molecule has 0 fully saturated rings. The van der Waals surface area contributed by atoms with E-state index in [0.29, 0.717) is 12.6 Å². The lowest BCUT2D eigenvalue weighted by Crippen LogP contribution is -2.03. The molecular formula is C18H21N3. The SMILES string of the molecule is Cc1ccc2c(c1)nc(-c1ccc(CN)cc1)n2C(C)C. The predicted molar refractivity (Wildman–Crippen MR) is 88.2 cm³/mol. The second-order valence-electron chi connectivity index (χ2n) is 5.79. The normalized spacial score (nSPS) is 11.5. The summed E-state index contributed by atoms with van der Waals surface area (Å²) in [5.74, 6) is 1.02. The Labute approximate surface area is 125 Å². The highest BCUT2D eigenvalue weighted by Gasteiger charge is 2.14. The molecule has 3 heteroatoms. The molecule has 3 rings (SSSR count). The Balaban J connectivity index is 2.22. The summed E-state index contributed by atoms with van der Waals surface area (Å²) in [5, 5.41) is 0. The maximum atomic E-state index is 5.67. The third kappa shape index (κ3) is 2.45. The van der Waals surface area contributed by atoms with Gasteiger partial charge in [-0.25, -0.2) is 4.98 Å². The van der Waals surface area contributed by atoms with Crippen LogP contribution in [-0.4, -0.2) is 9.55 Å². The van der Waals surface area contributed by atoms with Crippen LogP contribution in [0.4, 0.5) is 0 Å². The van der Waals surface area contributed by atoms with Crippen molar-refractivity contribution >= 4 is 11.0 Å². The molecule has 0 saturated carbocycles. The third-order valence-electron chi connectivity index (χ3n) is 3.81. The second kappa shape index (κ2) is 5.34. The number of aromatic nitrogens is 2. The zero-order valence-electron chi connectivity index (χ0n) is 12.8. The van der Waals surface area contributed by atoms with Gasteiger partial charge in [-0.2, -0.15) is 0 Å². The molecule has 0 aliphatic rings. The topological polar surface area (TPSA) is 43.8 Å². The molecular weight excluding hydrogens is 258 g/mol. The van der Waals surface area contributed by atoms with Gasteiger partial charge in [0.15, 0.2) is 0 Å². The molecule has 0 atom stereocenters. The fraction of sp³-hybridized carbons (Fsp3) is 0.278. The van der Waals surface area contributed by atoms with Gasteiger partial charge in [0.2, 0.25) is 0 Å². The van der Waals surface area contributed by atoms with Crippen LogP contribution in [0.5, 0.6) is 0 Å². The molecule has 0 radical (unpaired) electrons. The molecule has 0 bridgehead atoms. The molecule has 1 heterocycles. The van der Waals surface area contributed by atoms with Gasteiger partial charge in [0.25, 0.3) is 0 Å². The number of imidazole rings is 1. The van der Waals surface area contributed by atoms with Gasteiger partial charge in [-0.3, -0.25) is 0 Å². The maximum absolute atomic E-state index is 5.67. The lowest BCUT2D eigenvalue weighted by Gasteiger charge is -2.13. The quantitative estimate of drug-likeness (QED) is 0.786.